The number of nitrogens with zero attached hydrogens (tertiary/aromatic N) is 1. The second-order valence-electron chi connectivity index (χ2n) is 5.98. The van der Waals surface area contributed by atoms with E-state index in [9.17, 15) is 18.0 Å². The van der Waals surface area contributed by atoms with Crippen LogP contribution in [-0.2, 0) is 0 Å². The summed E-state index contributed by atoms with van der Waals surface area (Å²) in [6.45, 7) is 0.792. The van der Waals surface area contributed by atoms with Gasteiger partial charge in [-0.25, -0.2) is 0 Å². The van der Waals surface area contributed by atoms with Gasteiger partial charge in [0, 0.05) is 5.69 Å². The van der Waals surface area contributed by atoms with E-state index in [0.29, 0.717) is 29.4 Å². The predicted octanol–water partition coefficient (Wildman–Crippen LogP) is 4.22. The SMILES string of the molecule is CCOc1cc([C@@H]2Nc3ccccc3C(=O)N2CC(F)(F)F)ccc1OC. The average Bonchev–Trinajstić information content (AvgIpc) is 2.63. The highest BCUT2D eigenvalue weighted by atomic mass is 19.4. The number of halogens is 3. The third-order valence-electron chi connectivity index (χ3n) is 4.18. The molecule has 0 aromatic heterocycles. The Kier molecular flexibility index (Phi) is 5.16. The summed E-state index contributed by atoms with van der Waals surface area (Å²) >= 11 is 0. The first kappa shape index (κ1) is 18.9. The molecule has 0 spiro atoms. The second kappa shape index (κ2) is 7.38. The number of ether oxygens (including phenoxy) is 2. The molecule has 2 aromatic carbocycles. The van der Waals surface area contributed by atoms with Gasteiger partial charge in [0.25, 0.3) is 5.91 Å². The van der Waals surface area contributed by atoms with Gasteiger partial charge in [0.05, 0.1) is 19.3 Å². The maximum absolute atomic E-state index is 13.1. The van der Waals surface area contributed by atoms with Gasteiger partial charge in [-0.05, 0) is 36.8 Å². The molecule has 5 nitrogen and oxygen atoms in total. The molecule has 1 atom stereocenters. The molecule has 144 valence electrons. The zero-order valence-electron chi connectivity index (χ0n) is 14.8. The van der Waals surface area contributed by atoms with E-state index in [2.05, 4.69) is 5.32 Å². The molecule has 0 saturated heterocycles. The molecule has 0 bridgehead atoms. The largest absolute Gasteiger partial charge is 0.493 e. The van der Waals surface area contributed by atoms with Gasteiger partial charge in [-0.1, -0.05) is 18.2 Å². The van der Waals surface area contributed by atoms with E-state index in [1.807, 2.05) is 0 Å². The highest BCUT2D eigenvalue weighted by molar-refractivity contribution is 6.01. The van der Waals surface area contributed by atoms with Crippen molar-refractivity contribution in [2.45, 2.75) is 19.3 Å². The van der Waals surface area contributed by atoms with Gasteiger partial charge in [-0.15, -0.1) is 0 Å². The van der Waals surface area contributed by atoms with Crippen molar-refractivity contribution >= 4 is 11.6 Å². The van der Waals surface area contributed by atoms with Crippen molar-refractivity contribution in [1.82, 2.24) is 4.90 Å². The molecular formula is C19H19F3N2O3. The number of methoxy groups -OCH3 is 1. The number of carbonyl (C=O) groups is 1. The lowest BCUT2D eigenvalue weighted by Gasteiger charge is -2.38. The third-order valence-corrected chi connectivity index (χ3v) is 4.18. The highest BCUT2D eigenvalue weighted by Crippen LogP contribution is 2.38. The first-order valence-corrected chi connectivity index (χ1v) is 8.38. The Morgan fingerprint density at radius 2 is 1.89 bits per heavy atom. The van der Waals surface area contributed by atoms with Crippen LogP contribution >= 0.6 is 0 Å². The second-order valence-corrected chi connectivity index (χ2v) is 5.98. The van der Waals surface area contributed by atoms with Crippen LogP contribution in [0, 0.1) is 0 Å². The van der Waals surface area contributed by atoms with E-state index in [-0.39, 0.29) is 5.56 Å². The van der Waals surface area contributed by atoms with Crippen LogP contribution in [0.15, 0.2) is 42.5 Å². The number of nitrogens with one attached hydrogen (secondary N) is 1. The van der Waals surface area contributed by atoms with E-state index in [4.69, 9.17) is 9.47 Å². The fraction of sp³-hybridized carbons (Fsp3) is 0.316. The molecule has 2 aromatic rings. The molecule has 1 aliphatic rings. The number of carbonyl (C=O) groups excluding carboxylic acids is 1. The first-order valence-electron chi connectivity index (χ1n) is 8.38. The van der Waals surface area contributed by atoms with Crippen LogP contribution in [-0.4, -0.2) is 37.2 Å². The maximum Gasteiger partial charge on any atom is 0.406 e. The molecule has 3 rings (SSSR count). The Balaban J connectivity index is 2.05. The molecule has 8 heteroatoms. The summed E-state index contributed by atoms with van der Waals surface area (Å²) in [6.07, 6.45) is -5.52. The first-order chi connectivity index (χ1) is 12.8. The van der Waals surface area contributed by atoms with Gasteiger partial charge < -0.3 is 19.7 Å². The number of alkyl halides is 3. The van der Waals surface area contributed by atoms with Gasteiger partial charge in [-0.2, -0.15) is 13.2 Å². The third kappa shape index (κ3) is 3.94. The zero-order valence-corrected chi connectivity index (χ0v) is 14.8. The smallest absolute Gasteiger partial charge is 0.406 e. The zero-order chi connectivity index (χ0) is 19.6. The molecule has 0 radical (unpaired) electrons. The topological polar surface area (TPSA) is 50.8 Å². The van der Waals surface area contributed by atoms with E-state index < -0.39 is 24.8 Å². The van der Waals surface area contributed by atoms with Crippen LogP contribution in [0.5, 0.6) is 11.5 Å². The van der Waals surface area contributed by atoms with Gasteiger partial charge in [0.1, 0.15) is 12.7 Å². The van der Waals surface area contributed by atoms with Crippen molar-refractivity contribution in [3.05, 3.63) is 53.6 Å². The van der Waals surface area contributed by atoms with Crippen molar-refractivity contribution in [1.29, 1.82) is 0 Å². The number of hydrogen-bond acceptors (Lipinski definition) is 4. The Hall–Kier alpha value is -2.90. The number of anilines is 1. The molecule has 0 fully saturated rings. The molecule has 1 amide bonds. The monoisotopic (exact) mass is 380 g/mol. The van der Waals surface area contributed by atoms with Crippen molar-refractivity contribution in [3.8, 4) is 11.5 Å². The Morgan fingerprint density at radius 3 is 2.56 bits per heavy atom. The van der Waals surface area contributed by atoms with Crippen molar-refractivity contribution in [2.75, 3.05) is 25.6 Å². The van der Waals surface area contributed by atoms with Crippen LogP contribution in [0.2, 0.25) is 0 Å². The number of benzene rings is 2. The van der Waals surface area contributed by atoms with Crippen LogP contribution in [0.25, 0.3) is 0 Å². The average molecular weight is 380 g/mol. The van der Waals surface area contributed by atoms with Crippen LogP contribution in [0.4, 0.5) is 18.9 Å². The van der Waals surface area contributed by atoms with Crippen LogP contribution in [0.3, 0.4) is 0 Å². The molecule has 1 heterocycles. The fourth-order valence-corrected chi connectivity index (χ4v) is 3.04. The van der Waals surface area contributed by atoms with Crippen LogP contribution in [0.1, 0.15) is 29.0 Å². The van der Waals surface area contributed by atoms with Gasteiger partial charge in [0.2, 0.25) is 0 Å². The van der Waals surface area contributed by atoms with E-state index in [1.165, 1.54) is 13.2 Å². The highest BCUT2D eigenvalue weighted by Gasteiger charge is 2.40. The molecule has 1 N–H and O–H groups in total. The molecule has 27 heavy (non-hydrogen) atoms. The fourth-order valence-electron chi connectivity index (χ4n) is 3.04. The van der Waals surface area contributed by atoms with E-state index in [0.717, 1.165) is 4.90 Å². The Labute approximate surface area is 154 Å². The van der Waals surface area contributed by atoms with Crippen molar-refractivity contribution in [3.63, 3.8) is 0 Å². The number of hydrogen-bond donors (Lipinski definition) is 1. The quantitative estimate of drug-likeness (QED) is 0.844. The van der Waals surface area contributed by atoms with Crippen LogP contribution < -0.4 is 14.8 Å². The van der Waals surface area contributed by atoms with Crippen molar-refractivity contribution < 1.29 is 27.4 Å². The number of para-hydroxylation sites is 1. The van der Waals surface area contributed by atoms with Gasteiger partial charge >= 0.3 is 6.18 Å². The van der Waals surface area contributed by atoms with E-state index >= 15 is 0 Å². The summed E-state index contributed by atoms with van der Waals surface area (Å²) in [7, 11) is 1.48. The number of rotatable bonds is 5. The minimum Gasteiger partial charge on any atom is -0.493 e. The minimum absolute atomic E-state index is 0.205. The summed E-state index contributed by atoms with van der Waals surface area (Å²) in [5.41, 5.74) is 1.16. The van der Waals surface area contributed by atoms with E-state index in [1.54, 1.807) is 43.3 Å². The van der Waals surface area contributed by atoms with Gasteiger partial charge in [-0.3, -0.25) is 4.79 Å². The summed E-state index contributed by atoms with van der Waals surface area (Å²) < 4.78 is 50.1. The Bertz CT molecular complexity index is 839. The number of fused-ring (bicyclic) bond motifs is 1. The summed E-state index contributed by atoms with van der Waals surface area (Å²) in [6, 6.07) is 11.3. The normalized spacial score (nSPS) is 16.6. The summed E-state index contributed by atoms with van der Waals surface area (Å²) in [4.78, 5) is 13.5. The molecular weight excluding hydrogens is 361 g/mol. The Morgan fingerprint density at radius 1 is 1.15 bits per heavy atom. The molecule has 0 aliphatic carbocycles. The predicted molar refractivity (Wildman–Crippen MR) is 94.1 cm³/mol. The lowest BCUT2D eigenvalue weighted by molar-refractivity contribution is -0.144. The molecule has 1 aliphatic heterocycles. The lowest BCUT2D eigenvalue weighted by Crippen LogP contribution is -2.47. The van der Waals surface area contributed by atoms with Gasteiger partial charge in [0.15, 0.2) is 11.5 Å². The minimum atomic E-state index is -4.53. The maximum atomic E-state index is 13.1. The number of amides is 1. The lowest BCUT2D eigenvalue weighted by atomic mass is 10.0. The summed E-state index contributed by atoms with van der Waals surface area (Å²) in [5, 5.41) is 3.03. The molecule has 0 unspecified atom stereocenters. The summed E-state index contributed by atoms with van der Waals surface area (Å²) in [5.74, 6) is 0.184. The molecule has 0 saturated carbocycles. The van der Waals surface area contributed by atoms with Crippen molar-refractivity contribution in [2.24, 2.45) is 0 Å². The standard InChI is InChI=1S/C19H19F3N2O3/c1-3-27-16-10-12(8-9-15(16)26-2)17-23-14-7-5-4-6-13(14)18(25)24(17)11-19(20,21)22/h4-10,17,23H,3,11H2,1-2H3/t17-/m1/s1.